The summed E-state index contributed by atoms with van der Waals surface area (Å²) in [7, 11) is -0.468. The van der Waals surface area contributed by atoms with Crippen LogP contribution in [-0.2, 0) is 14.0 Å². The monoisotopic (exact) mass is 246 g/mol. The van der Waals surface area contributed by atoms with E-state index in [9.17, 15) is 4.79 Å². The molecule has 88 valence electrons. The Labute approximate surface area is 96.4 Å². The molecule has 0 rings (SSSR count). The number of hydrogen-bond acceptors (Lipinski definition) is 3. The first-order chi connectivity index (χ1) is 6.72. The van der Waals surface area contributed by atoms with Crippen LogP contribution in [0, 0.1) is 0 Å². The fraction of sp³-hybridized carbons (Fsp3) is 0.700. The molecule has 0 aromatic carbocycles. The van der Waals surface area contributed by atoms with Gasteiger partial charge in [-0.2, -0.15) is 0 Å². The van der Waals surface area contributed by atoms with Crippen molar-refractivity contribution in [3.63, 3.8) is 0 Å². The van der Waals surface area contributed by atoms with E-state index in [0.29, 0.717) is 12.2 Å². The van der Waals surface area contributed by atoms with Gasteiger partial charge in [-0.25, -0.2) is 4.79 Å². The van der Waals surface area contributed by atoms with Crippen LogP contribution in [0.3, 0.4) is 0 Å². The van der Waals surface area contributed by atoms with Gasteiger partial charge in [0.05, 0.1) is 6.61 Å². The largest absolute Gasteiger partial charge is 0.462 e. The lowest BCUT2D eigenvalue weighted by Gasteiger charge is -2.23. The first-order valence-corrected chi connectivity index (χ1v) is 9.79. The first kappa shape index (κ1) is 14.6. The quantitative estimate of drug-likeness (QED) is 0.399. The van der Waals surface area contributed by atoms with Crippen LogP contribution >= 0.6 is 0 Å². The summed E-state index contributed by atoms with van der Waals surface area (Å²) in [4.78, 5) is 11.1. The molecule has 0 spiro atoms. The summed E-state index contributed by atoms with van der Waals surface area (Å²) in [5.41, 5.74) is 0.737. The van der Waals surface area contributed by atoms with E-state index in [1.807, 2.05) is 0 Å². The van der Waals surface area contributed by atoms with Gasteiger partial charge in [0.25, 0.3) is 0 Å². The molecule has 0 radical (unpaired) electrons. The molecule has 0 bridgehead atoms. The smallest absolute Gasteiger partial charge is 0.333 e. The van der Waals surface area contributed by atoms with Crippen molar-refractivity contribution in [3.05, 3.63) is 12.2 Å². The van der Waals surface area contributed by atoms with Crippen LogP contribution in [-0.4, -0.2) is 36.9 Å². The molecule has 0 aliphatic heterocycles. The maximum atomic E-state index is 11.1. The Balaban J connectivity index is 3.69. The summed E-state index contributed by atoms with van der Waals surface area (Å²) in [6.45, 7) is 12.1. The zero-order valence-electron chi connectivity index (χ0n) is 10.4. The van der Waals surface area contributed by atoms with E-state index < -0.39 is 8.32 Å². The molecule has 0 aromatic heterocycles. The number of carbonyl (C=O) groups is 1. The van der Waals surface area contributed by atoms with Crippen molar-refractivity contribution in [1.29, 1.82) is 0 Å². The molecule has 0 saturated heterocycles. The van der Waals surface area contributed by atoms with Crippen molar-refractivity contribution in [2.45, 2.75) is 38.7 Å². The summed E-state index contributed by atoms with van der Waals surface area (Å²) in [6.07, 6.45) is 0.801. The molecule has 0 aliphatic carbocycles. The molecule has 15 heavy (non-hydrogen) atoms. The Hall–Kier alpha value is -0.396. The topological polar surface area (TPSA) is 35.5 Å². The minimum Gasteiger partial charge on any atom is -0.462 e. The third kappa shape index (κ3) is 8.59. The average Bonchev–Trinajstić information content (AvgIpc) is 2.00. The Morgan fingerprint density at radius 1 is 1.47 bits per heavy atom. The van der Waals surface area contributed by atoms with E-state index in [0.717, 1.165) is 16.7 Å². The second kappa shape index (κ2) is 6.24. The summed E-state index contributed by atoms with van der Waals surface area (Å²) in [6, 6.07) is 0. The fourth-order valence-corrected chi connectivity index (χ4v) is 4.79. The van der Waals surface area contributed by atoms with Crippen LogP contribution in [0.5, 0.6) is 0 Å². The molecule has 0 amide bonds. The van der Waals surface area contributed by atoms with Crippen molar-refractivity contribution >= 4 is 24.5 Å². The van der Waals surface area contributed by atoms with Crippen LogP contribution in [0.15, 0.2) is 12.2 Å². The number of ether oxygens (including phenoxy) is 1. The van der Waals surface area contributed by atoms with Gasteiger partial charge in [0, 0.05) is 28.0 Å². The van der Waals surface area contributed by atoms with Crippen molar-refractivity contribution in [2.24, 2.45) is 0 Å². The molecule has 1 atom stereocenters. The molecule has 0 aromatic rings. The molecule has 1 unspecified atom stereocenters. The van der Waals surface area contributed by atoms with Crippen LogP contribution in [0.25, 0.3) is 0 Å². The van der Waals surface area contributed by atoms with E-state index in [4.69, 9.17) is 9.16 Å². The molecular weight excluding hydrogens is 224 g/mol. The zero-order chi connectivity index (χ0) is 12.1. The van der Waals surface area contributed by atoms with Crippen molar-refractivity contribution in [2.75, 3.05) is 6.61 Å². The van der Waals surface area contributed by atoms with Crippen molar-refractivity contribution < 1.29 is 14.0 Å². The molecule has 0 fully saturated rings. The molecule has 0 aliphatic rings. The Kier molecular flexibility index (Phi) is 6.08. The van der Waals surface area contributed by atoms with Crippen LogP contribution in [0.1, 0.15) is 13.3 Å². The predicted molar refractivity (Wildman–Crippen MR) is 68.5 cm³/mol. The molecule has 3 nitrogen and oxygen atoms in total. The maximum absolute atomic E-state index is 11.1. The Morgan fingerprint density at radius 3 is 2.40 bits per heavy atom. The second-order valence-electron chi connectivity index (χ2n) is 4.75. The van der Waals surface area contributed by atoms with E-state index in [1.54, 1.807) is 6.92 Å². The van der Waals surface area contributed by atoms with Gasteiger partial charge in [0.15, 0.2) is 8.32 Å². The number of esters is 1. The van der Waals surface area contributed by atoms with Crippen molar-refractivity contribution in [3.8, 4) is 0 Å². The standard InChI is InChI=1S/C10H22O3Si2/c1-8(2)10(11)12-7-6-9(14)13-15(3,4)5/h9H,1,6-7H2,2-5,14H3. The molecule has 5 heteroatoms. The van der Waals surface area contributed by atoms with E-state index in [1.165, 1.54) is 0 Å². The Morgan fingerprint density at radius 2 is 2.00 bits per heavy atom. The summed E-state index contributed by atoms with van der Waals surface area (Å²) in [5, 5.41) is 0. The molecular formula is C10H22O3Si2. The summed E-state index contributed by atoms with van der Waals surface area (Å²) >= 11 is 0. The van der Waals surface area contributed by atoms with Crippen LogP contribution < -0.4 is 0 Å². The number of rotatable bonds is 6. The third-order valence-corrected chi connectivity index (χ3v) is 4.05. The SMILES string of the molecule is C=C(C)C(=O)OCCC([SiH3])O[Si](C)(C)C. The summed E-state index contributed by atoms with van der Waals surface area (Å²) in [5.74, 6) is -0.308. The van der Waals surface area contributed by atoms with Gasteiger partial charge in [-0.3, -0.25) is 0 Å². The lowest BCUT2D eigenvalue weighted by molar-refractivity contribution is -0.139. The minimum atomic E-state index is -1.44. The lowest BCUT2D eigenvalue weighted by atomic mass is 10.4. The minimum absolute atomic E-state index is 0.287. The van der Waals surface area contributed by atoms with E-state index in [2.05, 4.69) is 26.2 Å². The normalized spacial score (nSPS) is 13.6. The van der Waals surface area contributed by atoms with Gasteiger partial charge in [0.2, 0.25) is 0 Å². The van der Waals surface area contributed by atoms with Crippen LogP contribution in [0.2, 0.25) is 19.6 Å². The van der Waals surface area contributed by atoms with Gasteiger partial charge in [-0.05, 0) is 26.6 Å². The van der Waals surface area contributed by atoms with E-state index >= 15 is 0 Å². The lowest BCUT2D eigenvalue weighted by Crippen LogP contribution is -2.33. The van der Waals surface area contributed by atoms with Gasteiger partial charge in [-0.15, -0.1) is 0 Å². The average molecular weight is 246 g/mol. The molecule has 0 saturated carbocycles. The summed E-state index contributed by atoms with van der Waals surface area (Å²) < 4.78 is 10.9. The van der Waals surface area contributed by atoms with Crippen LogP contribution in [0.4, 0.5) is 0 Å². The zero-order valence-corrected chi connectivity index (χ0v) is 13.4. The molecule has 0 heterocycles. The maximum Gasteiger partial charge on any atom is 0.333 e. The van der Waals surface area contributed by atoms with Gasteiger partial charge in [-0.1, -0.05) is 6.58 Å². The van der Waals surface area contributed by atoms with Gasteiger partial charge >= 0.3 is 5.97 Å². The van der Waals surface area contributed by atoms with E-state index in [-0.39, 0.29) is 11.7 Å². The van der Waals surface area contributed by atoms with Gasteiger partial charge < -0.3 is 9.16 Å². The highest BCUT2D eigenvalue weighted by Gasteiger charge is 2.18. The van der Waals surface area contributed by atoms with Gasteiger partial charge in [0.1, 0.15) is 0 Å². The second-order valence-corrected chi connectivity index (χ2v) is 10.5. The highest BCUT2D eigenvalue weighted by molar-refractivity contribution is 6.70. The fourth-order valence-electron chi connectivity index (χ4n) is 1.10. The number of hydrogen-bond donors (Lipinski definition) is 0. The first-order valence-electron chi connectivity index (χ1n) is 5.23. The highest BCUT2D eigenvalue weighted by Crippen LogP contribution is 2.08. The Bertz CT molecular complexity index is 233. The predicted octanol–water partition coefficient (Wildman–Crippen LogP) is 1.04. The molecule has 0 N–H and O–H groups in total. The highest BCUT2D eigenvalue weighted by atomic mass is 28.4. The van der Waals surface area contributed by atoms with Crippen molar-refractivity contribution in [1.82, 2.24) is 0 Å². The third-order valence-electron chi connectivity index (χ3n) is 1.66. The number of carbonyl (C=O) groups excluding carboxylic acids is 1.